The molecule has 0 aliphatic carbocycles. The van der Waals surface area contributed by atoms with Gasteiger partial charge >= 0.3 is 0 Å². The van der Waals surface area contributed by atoms with Crippen LogP contribution in [-0.4, -0.2) is 53.4 Å². The second-order valence-corrected chi connectivity index (χ2v) is 9.34. The van der Waals surface area contributed by atoms with Gasteiger partial charge in [0.15, 0.2) is 13.8 Å². The van der Waals surface area contributed by atoms with Gasteiger partial charge in [-0.3, -0.25) is 9.34 Å². The Kier molecular flexibility index (Phi) is 4.62. The van der Waals surface area contributed by atoms with E-state index in [1.807, 2.05) is 42.2 Å². The Morgan fingerprint density at radius 2 is 1.87 bits per heavy atom. The Labute approximate surface area is 101 Å². The monoisotopic (exact) mass is 290 g/mol. The molecule has 0 aromatic carbocycles. The van der Waals surface area contributed by atoms with E-state index in [0.717, 1.165) is 0 Å². The van der Waals surface area contributed by atoms with Gasteiger partial charge in [-0.1, -0.05) is 0 Å². The molecule has 15 heavy (non-hydrogen) atoms. The first-order valence-corrected chi connectivity index (χ1v) is 7.97. The molecule has 88 valence electrons. The highest BCUT2D eigenvalue weighted by Gasteiger charge is 2.46. The topological polar surface area (TPSA) is 45.1 Å². The highest BCUT2D eigenvalue weighted by Crippen LogP contribution is 2.62. The van der Waals surface area contributed by atoms with E-state index in [9.17, 15) is 4.89 Å². The number of hydrogen-bond acceptors (Lipinski definition) is 2. The van der Waals surface area contributed by atoms with Gasteiger partial charge in [0.1, 0.15) is 7.77 Å². The van der Waals surface area contributed by atoms with E-state index >= 15 is 0 Å². The van der Waals surface area contributed by atoms with Crippen LogP contribution in [0, 0.1) is 0 Å². The molecule has 0 N–H and O–H groups in total. The van der Waals surface area contributed by atoms with Crippen LogP contribution < -0.4 is 4.89 Å². The Hall–Kier alpha value is 0.820. The van der Waals surface area contributed by atoms with Crippen molar-refractivity contribution in [1.82, 2.24) is 14.0 Å². The van der Waals surface area contributed by atoms with Crippen LogP contribution in [0.2, 0.25) is 0 Å². The van der Waals surface area contributed by atoms with Crippen LogP contribution >= 0.6 is 38.7 Å². The van der Waals surface area contributed by atoms with Crippen LogP contribution in [0.3, 0.4) is 0 Å². The van der Waals surface area contributed by atoms with Crippen molar-refractivity contribution in [1.29, 1.82) is 0 Å². The molecule has 0 spiro atoms. The minimum absolute atomic E-state index is 0.366. The molecule has 0 saturated carbocycles. The van der Waals surface area contributed by atoms with Crippen LogP contribution in [-0.2, 0) is 0 Å². The predicted octanol–water partition coefficient (Wildman–Crippen LogP) is 1.57. The average Bonchev–Trinajstić information content (AvgIpc) is 2.17. The third-order valence-corrected chi connectivity index (χ3v) is 8.59. The van der Waals surface area contributed by atoms with Crippen molar-refractivity contribution in [2.75, 3.05) is 34.5 Å². The summed E-state index contributed by atoms with van der Waals surface area (Å²) in [6.07, 6.45) is 0.425. The smallest absolute Gasteiger partial charge is 0.266 e. The van der Waals surface area contributed by atoms with Gasteiger partial charge in [0.25, 0.3) is 4.88 Å². The van der Waals surface area contributed by atoms with Crippen molar-refractivity contribution >= 4 is 43.5 Å². The van der Waals surface area contributed by atoms with E-state index in [4.69, 9.17) is 23.4 Å². The van der Waals surface area contributed by atoms with Crippen LogP contribution in [0.1, 0.15) is 0 Å². The number of nitrogens with zero attached hydrogens (tertiary/aromatic N) is 4. The predicted molar refractivity (Wildman–Crippen MR) is 67.1 cm³/mol. The SMILES string of the molecule is CN(C)P(=NCl)(N(C)C)N1C[P+]([O-])=C1Cl. The molecule has 9 heteroatoms. The van der Waals surface area contributed by atoms with Gasteiger partial charge in [0.2, 0.25) is 0 Å². The van der Waals surface area contributed by atoms with Crippen LogP contribution in [0.15, 0.2) is 4.26 Å². The summed E-state index contributed by atoms with van der Waals surface area (Å²) in [4.78, 5) is 11.6. The molecule has 1 atom stereocenters. The minimum atomic E-state index is -2.18. The fourth-order valence-electron chi connectivity index (χ4n) is 1.45. The summed E-state index contributed by atoms with van der Waals surface area (Å²) in [5.74, 6) is 0. The second kappa shape index (κ2) is 4.99. The van der Waals surface area contributed by atoms with E-state index in [1.54, 1.807) is 0 Å². The highest BCUT2D eigenvalue weighted by molar-refractivity contribution is 7.68. The zero-order chi connectivity index (χ0) is 11.8. The van der Waals surface area contributed by atoms with Crippen molar-refractivity contribution < 1.29 is 4.89 Å². The van der Waals surface area contributed by atoms with Gasteiger partial charge < -0.3 is 4.89 Å². The average molecular weight is 291 g/mol. The molecule has 5 nitrogen and oxygen atoms in total. The minimum Gasteiger partial charge on any atom is -0.627 e. The molecule has 1 rings (SSSR count). The molecule has 0 fully saturated rings. The molecule has 0 aromatic rings. The molecular weight excluding hydrogens is 277 g/mol. The van der Waals surface area contributed by atoms with Crippen molar-refractivity contribution in [3.63, 3.8) is 0 Å². The third kappa shape index (κ3) is 2.13. The van der Waals surface area contributed by atoms with E-state index in [-0.39, 0.29) is 0 Å². The Balaban J connectivity index is 3.16. The normalized spacial score (nSPS) is 21.1. The molecule has 1 aliphatic rings. The summed E-state index contributed by atoms with van der Waals surface area (Å²) in [5.41, 5.74) is 0. The molecule has 0 bridgehead atoms. The lowest BCUT2D eigenvalue weighted by Gasteiger charge is -2.43. The van der Waals surface area contributed by atoms with E-state index in [1.165, 1.54) is 0 Å². The second-order valence-electron chi connectivity index (χ2n) is 3.50. The maximum Gasteiger partial charge on any atom is 0.266 e. The molecule has 1 aliphatic heterocycles. The maximum absolute atomic E-state index is 11.3. The fourth-order valence-corrected chi connectivity index (χ4v) is 7.55. The first-order chi connectivity index (χ1) is 6.87. The lowest BCUT2D eigenvalue weighted by molar-refractivity contribution is -0.155. The summed E-state index contributed by atoms with van der Waals surface area (Å²) in [6, 6.07) is 0. The first-order valence-electron chi connectivity index (χ1n) is 4.21. The van der Waals surface area contributed by atoms with Crippen molar-refractivity contribution in [3.8, 4) is 0 Å². The molecule has 0 radical (unpaired) electrons. The lowest BCUT2D eigenvalue weighted by atomic mass is 11.2. The van der Waals surface area contributed by atoms with Gasteiger partial charge in [-0.15, -0.1) is 4.67 Å². The molecule has 1 heterocycles. The number of hydrogen-bond donors (Lipinski definition) is 0. The van der Waals surface area contributed by atoms with Gasteiger partial charge in [-0.05, 0) is 39.8 Å². The summed E-state index contributed by atoms with van der Waals surface area (Å²) in [5, 5.41) is 0. The number of rotatable bonds is 3. The zero-order valence-corrected chi connectivity index (χ0v) is 12.4. The number of halogens is 2. The summed E-state index contributed by atoms with van der Waals surface area (Å²) >= 11 is 11.6. The van der Waals surface area contributed by atoms with Gasteiger partial charge in [-0.25, -0.2) is 0 Å². The van der Waals surface area contributed by atoms with Crippen molar-refractivity contribution in [2.24, 2.45) is 4.26 Å². The van der Waals surface area contributed by atoms with Crippen LogP contribution in [0.25, 0.3) is 0 Å². The summed E-state index contributed by atoms with van der Waals surface area (Å²) in [7, 11) is 3.93. The van der Waals surface area contributed by atoms with E-state index in [2.05, 4.69) is 4.26 Å². The van der Waals surface area contributed by atoms with Crippen LogP contribution in [0.4, 0.5) is 0 Å². The van der Waals surface area contributed by atoms with Gasteiger partial charge in [0, 0.05) is 11.8 Å². The lowest BCUT2D eigenvalue weighted by Crippen LogP contribution is -2.42. The zero-order valence-electron chi connectivity index (χ0n) is 9.05. The van der Waals surface area contributed by atoms with Gasteiger partial charge in [0.05, 0.1) is 0 Å². The maximum atomic E-state index is 11.3. The third-order valence-electron chi connectivity index (χ3n) is 2.18. The highest BCUT2D eigenvalue weighted by atomic mass is 35.5. The van der Waals surface area contributed by atoms with Crippen molar-refractivity contribution in [2.45, 2.75) is 0 Å². The molecule has 0 saturated heterocycles. The molecule has 0 amide bonds. The Morgan fingerprint density at radius 1 is 1.40 bits per heavy atom. The standard InChI is InChI=1S/C6H14Cl2N4OP2/c1-10(2)15(9-8,11(3)4)12-5-14(13)6(12)7/h5H2,1-4H3. The largest absolute Gasteiger partial charge is 0.627 e. The fraction of sp³-hybridized carbons (Fsp3) is 0.833. The van der Waals surface area contributed by atoms with Crippen molar-refractivity contribution in [3.05, 3.63) is 0 Å². The Morgan fingerprint density at radius 3 is 2.07 bits per heavy atom. The summed E-state index contributed by atoms with van der Waals surface area (Å²) in [6.45, 7) is 0. The molecule has 1 unspecified atom stereocenters. The quantitative estimate of drug-likeness (QED) is 0.585. The molecular formula is C6H14Cl2N4OP2. The molecule has 0 aromatic heterocycles. The summed E-state index contributed by atoms with van der Waals surface area (Å²) < 4.78 is 9.62. The van der Waals surface area contributed by atoms with E-state index < -0.39 is 15.3 Å². The van der Waals surface area contributed by atoms with Crippen LogP contribution in [0.5, 0.6) is 0 Å². The van der Waals surface area contributed by atoms with Gasteiger partial charge in [-0.2, -0.15) is 4.26 Å². The first kappa shape index (κ1) is 13.9. The van der Waals surface area contributed by atoms with E-state index in [0.29, 0.717) is 11.2 Å². The Bertz CT molecular complexity index is 332.